The van der Waals surface area contributed by atoms with Crippen molar-refractivity contribution in [2.45, 2.75) is 45.6 Å². The van der Waals surface area contributed by atoms with E-state index in [4.69, 9.17) is 16.6 Å². The highest BCUT2D eigenvalue weighted by molar-refractivity contribution is 6.30. The van der Waals surface area contributed by atoms with Crippen LogP contribution in [0.25, 0.3) is 22.4 Å². The number of fused-ring (bicyclic) bond motifs is 1. The predicted octanol–water partition coefficient (Wildman–Crippen LogP) is 6.33. The maximum absolute atomic E-state index is 6.17. The molecule has 0 bridgehead atoms. The van der Waals surface area contributed by atoms with Gasteiger partial charge in [0.1, 0.15) is 5.82 Å². The molecule has 2 aromatic carbocycles. The number of hydrogen-bond acceptors (Lipinski definition) is 1. The topological polar surface area (TPSA) is 17.8 Å². The number of rotatable bonds is 7. The smallest absolute Gasteiger partial charge is 0.141 e. The number of hydrogen-bond donors (Lipinski definition) is 0. The van der Waals surface area contributed by atoms with Gasteiger partial charge in [-0.25, -0.2) is 4.98 Å². The first-order chi connectivity index (χ1) is 11.3. The zero-order valence-corrected chi connectivity index (χ0v) is 14.4. The van der Waals surface area contributed by atoms with Gasteiger partial charge in [-0.3, -0.25) is 0 Å². The SMILES string of the molecule is CCCCCCCn1c(-c2cccc(Cl)c2)nc2ccccc21. The highest BCUT2D eigenvalue weighted by Gasteiger charge is 2.12. The van der Waals surface area contributed by atoms with Crippen molar-refractivity contribution in [1.29, 1.82) is 0 Å². The lowest BCUT2D eigenvalue weighted by Gasteiger charge is -2.09. The monoisotopic (exact) mass is 326 g/mol. The molecule has 0 spiro atoms. The lowest BCUT2D eigenvalue weighted by molar-refractivity contribution is 0.578. The van der Waals surface area contributed by atoms with Crippen LogP contribution >= 0.6 is 11.6 Å². The minimum atomic E-state index is 0.754. The van der Waals surface area contributed by atoms with Crippen LogP contribution in [-0.4, -0.2) is 9.55 Å². The standard InChI is InChI=1S/C20H23ClN2/c1-2-3-4-5-8-14-23-19-13-7-6-12-18(19)22-20(23)16-10-9-11-17(21)15-16/h6-7,9-13,15H,2-5,8,14H2,1H3. The van der Waals surface area contributed by atoms with Crippen molar-refractivity contribution in [2.75, 3.05) is 0 Å². The molecule has 0 saturated heterocycles. The van der Waals surface area contributed by atoms with Gasteiger partial charge in [-0.05, 0) is 30.7 Å². The lowest BCUT2D eigenvalue weighted by Crippen LogP contribution is -2.01. The van der Waals surface area contributed by atoms with Gasteiger partial charge in [0.2, 0.25) is 0 Å². The van der Waals surface area contributed by atoms with Gasteiger partial charge < -0.3 is 4.57 Å². The second kappa shape index (κ2) is 7.65. The molecular weight excluding hydrogens is 304 g/mol. The third-order valence-corrected chi connectivity index (χ3v) is 4.46. The molecule has 3 rings (SSSR count). The summed E-state index contributed by atoms with van der Waals surface area (Å²) in [7, 11) is 0. The van der Waals surface area contributed by atoms with Crippen LogP contribution in [0.2, 0.25) is 5.02 Å². The molecule has 0 atom stereocenters. The van der Waals surface area contributed by atoms with Crippen molar-refractivity contribution in [2.24, 2.45) is 0 Å². The maximum Gasteiger partial charge on any atom is 0.141 e. The van der Waals surface area contributed by atoms with E-state index in [2.05, 4.69) is 35.8 Å². The molecule has 3 heteroatoms. The van der Waals surface area contributed by atoms with E-state index in [1.54, 1.807) is 0 Å². The van der Waals surface area contributed by atoms with Crippen molar-refractivity contribution >= 4 is 22.6 Å². The molecule has 0 amide bonds. The first-order valence-corrected chi connectivity index (χ1v) is 8.88. The summed E-state index contributed by atoms with van der Waals surface area (Å²) in [4.78, 5) is 4.84. The van der Waals surface area contributed by atoms with Gasteiger partial charge in [-0.2, -0.15) is 0 Å². The quantitative estimate of drug-likeness (QED) is 0.464. The molecule has 0 fully saturated rings. The van der Waals surface area contributed by atoms with Crippen LogP contribution in [0.4, 0.5) is 0 Å². The van der Waals surface area contributed by atoms with Crippen LogP contribution in [0.3, 0.4) is 0 Å². The number of nitrogens with zero attached hydrogens (tertiary/aromatic N) is 2. The van der Waals surface area contributed by atoms with Crippen molar-refractivity contribution in [3.05, 3.63) is 53.6 Å². The Bertz CT molecular complexity index is 776. The average molecular weight is 327 g/mol. The van der Waals surface area contributed by atoms with Crippen LogP contribution in [0.1, 0.15) is 39.0 Å². The second-order valence-electron chi connectivity index (χ2n) is 6.00. The van der Waals surface area contributed by atoms with Crippen LogP contribution < -0.4 is 0 Å². The summed E-state index contributed by atoms with van der Waals surface area (Å²) in [6, 6.07) is 16.3. The van der Waals surface area contributed by atoms with Crippen molar-refractivity contribution < 1.29 is 0 Å². The van der Waals surface area contributed by atoms with Crippen LogP contribution in [0, 0.1) is 0 Å². The molecule has 0 aliphatic carbocycles. The summed E-state index contributed by atoms with van der Waals surface area (Å²) in [6.07, 6.45) is 6.38. The number of halogens is 1. The normalized spacial score (nSPS) is 11.2. The molecule has 0 radical (unpaired) electrons. The summed E-state index contributed by atoms with van der Waals surface area (Å²) in [5.74, 6) is 1.02. The lowest BCUT2D eigenvalue weighted by atomic mass is 10.1. The number of imidazole rings is 1. The van der Waals surface area contributed by atoms with Gasteiger partial charge in [0.05, 0.1) is 11.0 Å². The van der Waals surface area contributed by atoms with Gasteiger partial charge in [0.15, 0.2) is 0 Å². The number of para-hydroxylation sites is 2. The molecule has 1 heterocycles. The third kappa shape index (κ3) is 3.76. The minimum absolute atomic E-state index is 0.754. The number of unbranched alkanes of at least 4 members (excludes halogenated alkanes) is 4. The molecule has 0 aliphatic rings. The summed E-state index contributed by atoms with van der Waals surface area (Å²) in [5.41, 5.74) is 3.34. The van der Waals surface area contributed by atoms with Gasteiger partial charge in [0.25, 0.3) is 0 Å². The Balaban J connectivity index is 1.91. The van der Waals surface area contributed by atoms with Crippen molar-refractivity contribution in [3.63, 3.8) is 0 Å². The molecule has 0 saturated carbocycles. The Morgan fingerprint density at radius 3 is 2.61 bits per heavy atom. The van der Waals surface area contributed by atoms with Crippen LogP contribution in [0.15, 0.2) is 48.5 Å². The Morgan fingerprint density at radius 2 is 1.78 bits per heavy atom. The number of aryl methyl sites for hydroxylation is 1. The molecule has 120 valence electrons. The van der Waals surface area contributed by atoms with Gasteiger partial charge in [-0.1, -0.05) is 68.5 Å². The fourth-order valence-electron chi connectivity index (χ4n) is 3.02. The molecule has 0 unspecified atom stereocenters. The van der Waals surface area contributed by atoms with E-state index in [1.807, 2.05) is 24.3 Å². The minimum Gasteiger partial charge on any atom is -0.324 e. The molecule has 2 nitrogen and oxygen atoms in total. The van der Waals surface area contributed by atoms with E-state index in [0.717, 1.165) is 28.5 Å². The van der Waals surface area contributed by atoms with E-state index in [1.165, 1.54) is 37.6 Å². The maximum atomic E-state index is 6.17. The fourth-order valence-corrected chi connectivity index (χ4v) is 3.21. The largest absolute Gasteiger partial charge is 0.324 e. The Morgan fingerprint density at radius 1 is 0.957 bits per heavy atom. The molecular formula is C20H23ClN2. The van der Waals surface area contributed by atoms with Crippen LogP contribution in [-0.2, 0) is 6.54 Å². The third-order valence-electron chi connectivity index (χ3n) is 4.22. The Hall–Kier alpha value is -1.80. The number of aromatic nitrogens is 2. The van der Waals surface area contributed by atoms with Crippen molar-refractivity contribution in [1.82, 2.24) is 9.55 Å². The highest BCUT2D eigenvalue weighted by atomic mass is 35.5. The van der Waals surface area contributed by atoms with E-state index < -0.39 is 0 Å². The molecule has 1 aromatic heterocycles. The van der Waals surface area contributed by atoms with E-state index in [0.29, 0.717) is 0 Å². The van der Waals surface area contributed by atoms with Gasteiger partial charge in [0, 0.05) is 17.1 Å². The van der Waals surface area contributed by atoms with E-state index in [9.17, 15) is 0 Å². The summed E-state index contributed by atoms with van der Waals surface area (Å²) < 4.78 is 2.34. The van der Waals surface area contributed by atoms with Crippen molar-refractivity contribution in [3.8, 4) is 11.4 Å². The van der Waals surface area contributed by atoms with Gasteiger partial charge >= 0.3 is 0 Å². The predicted molar refractivity (Wildman–Crippen MR) is 98.9 cm³/mol. The first kappa shape index (κ1) is 16.1. The zero-order chi connectivity index (χ0) is 16.1. The first-order valence-electron chi connectivity index (χ1n) is 8.51. The van der Waals surface area contributed by atoms with E-state index in [-0.39, 0.29) is 0 Å². The van der Waals surface area contributed by atoms with Crippen LogP contribution in [0.5, 0.6) is 0 Å². The fraction of sp³-hybridized carbons (Fsp3) is 0.350. The molecule has 0 aliphatic heterocycles. The van der Waals surface area contributed by atoms with Gasteiger partial charge in [-0.15, -0.1) is 0 Å². The summed E-state index contributed by atoms with van der Waals surface area (Å²) in [5, 5.41) is 0.754. The summed E-state index contributed by atoms with van der Waals surface area (Å²) in [6.45, 7) is 3.26. The Kier molecular flexibility index (Phi) is 5.35. The van der Waals surface area contributed by atoms with E-state index >= 15 is 0 Å². The second-order valence-corrected chi connectivity index (χ2v) is 6.44. The average Bonchev–Trinajstić information content (AvgIpc) is 2.94. The molecule has 3 aromatic rings. The Labute approximate surface area is 143 Å². The highest BCUT2D eigenvalue weighted by Crippen LogP contribution is 2.27. The zero-order valence-electron chi connectivity index (χ0n) is 13.6. The number of benzene rings is 2. The molecule has 0 N–H and O–H groups in total. The summed E-state index contributed by atoms with van der Waals surface area (Å²) >= 11 is 6.17. The molecule has 23 heavy (non-hydrogen) atoms.